The average molecular weight is 727 g/mol. The van der Waals surface area contributed by atoms with Crippen molar-refractivity contribution in [1.82, 2.24) is 38.6 Å². The zero-order valence-corrected chi connectivity index (χ0v) is 28.5. The van der Waals surface area contributed by atoms with Gasteiger partial charge in [0.1, 0.15) is 31.2 Å². The molecule has 49 heavy (non-hydrogen) atoms. The van der Waals surface area contributed by atoms with Gasteiger partial charge in [0.15, 0.2) is 37.4 Å². The number of hydrogen-bond acceptors (Lipinski definition) is 16. The molecule has 22 heteroatoms. The lowest BCUT2D eigenvalue weighted by molar-refractivity contribution is -0.157. The van der Waals surface area contributed by atoms with Crippen molar-refractivity contribution < 1.29 is 47.5 Å². The van der Waals surface area contributed by atoms with Crippen LogP contribution in [-0.4, -0.2) is 97.4 Å². The smallest absolute Gasteiger partial charge is 0.330 e. The Morgan fingerprint density at radius 1 is 0.980 bits per heavy atom. The van der Waals surface area contributed by atoms with Gasteiger partial charge in [-0.3, -0.25) is 28.1 Å². The number of nitrogens with zero attached hydrogens (tertiary/aromatic N) is 7. The summed E-state index contributed by atoms with van der Waals surface area (Å²) in [7, 11) is -4.51. The molecule has 2 aliphatic heterocycles. The molecule has 0 bridgehead atoms. The fraction of sp³-hybridized carbons (Fsp3) is 0.593. The molecule has 2 aliphatic rings. The first-order valence-corrected chi connectivity index (χ1v) is 17.7. The number of rotatable bonds is 13. The zero-order valence-electron chi connectivity index (χ0n) is 26.7. The van der Waals surface area contributed by atoms with E-state index >= 15 is 0 Å². The number of hydrogen-bond donors (Lipinski definition) is 4. The first kappa shape index (κ1) is 35.5. The number of imidazole rings is 2. The second kappa shape index (κ2) is 14.9. The predicted octanol–water partition coefficient (Wildman–Crippen LogP) is 1.13. The van der Waals surface area contributed by atoms with E-state index in [1.165, 1.54) is 29.9 Å². The highest BCUT2D eigenvalue weighted by molar-refractivity contribution is 7.45. The van der Waals surface area contributed by atoms with Crippen LogP contribution in [0.5, 0.6) is 0 Å². The van der Waals surface area contributed by atoms with E-state index in [0.29, 0.717) is 18.5 Å². The monoisotopic (exact) mass is 726 g/mol. The lowest BCUT2D eigenvalue weighted by Gasteiger charge is -2.22. The van der Waals surface area contributed by atoms with Gasteiger partial charge in [-0.2, -0.15) is 0 Å². The Balaban J connectivity index is 1.05. The molecule has 6 unspecified atom stereocenters. The summed E-state index contributed by atoms with van der Waals surface area (Å²) < 4.78 is 38.6. The minimum absolute atomic E-state index is 0.00576. The third-order valence-corrected chi connectivity index (χ3v) is 9.36. The van der Waals surface area contributed by atoms with E-state index in [9.17, 15) is 29.3 Å². The summed E-state index contributed by atoms with van der Waals surface area (Å²) in [5, 5.41) is 9.18. The van der Waals surface area contributed by atoms with E-state index < -0.39 is 76.6 Å². The van der Waals surface area contributed by atoms with E-state index in [1.807, 2.05) is 0 Å². The molecule has 2 saturated heterocycles. The molecular weight excluding hydrogens is 690 g/mol. The number of carbonyl (C=O) groups is 1. The third kappa shape index (κ3) is 7.88. The van der Waals surface area contributed by atoms with Crippen molar-refractivity contribution in [3.05, 3.63) is 46.0 Å². The number of H-pyrrole nitrogens is 1. The zero-order chi connectivity index (χ0) is 34.9. The Kier molecular flexibility index (Phi) is 10.8. The highest BCUT2D eigenvalue weighted by Gasteiger charge is 2.41. The maximum absolute atomic E-state index is 13.0. The van der Waals surface area contributed by atoms with Gasteiger partial charge < -0.3 is 47.7 Å². The van der Waals surface area contributed by atoms with E-state index in [1.54, 1.807) is 29.9 Å². The topological polar surface area (TPSA) is 249 Å². The molecule has 20 nitrogen and oxygen atoms in total. The lowest BCUT2D eigenvalue weighted by Crippen LogP contribution is -2.28. The molecule has 6 heterocycles. The van der Waals surface area contributed by atoms with Crippen molar-refractivity contribution in [1.29, 1.82) is 0 Å². The number of aromatic nitrogens is 8. The van der Waals surface area contributed by atoms with Gasteiger partial charge >= 0.3 is 14.6 Å². The maximum atomic E-state index is 13.0. The summed E-state index contributed by atoms with van der Waals surface area (Å²) in [6.45, 7) is 4.69. The number of fused-ring (bicyclic) bond motifs is 2. The SMILES string of the molecule is CC(C)(C)C(=O)OCn1cnc2c(ncn2C2CCC(COP(O)O[C@H]3CC(n4cnc5c(=O)[nH]cnc54)OC3COP(O)CO)O2)c1=O. The Morgan fingerprint density at radius 2 is 1.71 bits per heavy atom. The molecule has 4 aromatic rings. The first-order valence-electron chi connectivity index (χ1n) is 15.2. The second-order valence-corrected chi connectivity index (χ2v) is 14.5. The molecule has 7 atom stereocenters. The summed E-state index contributed by atoms with van der Waals surface area (Å²) in [6, 6.07) is 0. The molecule has 6 rings (SSSR count). The van der Waals surface area contributed by atoms with Gasteiger partial charge in [-0.25, -0.2) is 19.9 Å². The number of esters is 1. The van der Waals surface area contributed by atoms with Gasteiger partial charge in [0.05, 0.1) is 49.8 Å². The van der Waals surface area contributed by atoms with Crippen LogP contribution in [0.1, 0.15) is 52.5 Å². The largest absolute Gasteiger partial charge is 0.443 e. The normalized spacial score (nSPS) is 24.2. The van der Waals surface area contributed by atoms with Crippen LogP contribution in [-0.2, 0) is 39.3 Å². The predicted molar refractivity (Wildman–Crippen MR) is 169 cm³/mol. The number of aliphatic hydroxyl groups excluding tert-OH is 1. The molecule has 0 aromatic carbocycles. The summed E-state index contributed by atoms with van der Waals surface area (Å²) in [4.78, 5) is 77.0. The Morgan fingerprint density at radius 3 is 2.47 bits per heavy atom. The van der Waals surface area contributed by atoms with Crippen LogP contribution in [0.15, 0.2) is 34.9 Å². The van der Waals surface area contributed by atoms with E-state index in [-0.39, 0.29) is 43.0 Å². The highest BCUT2D eigenvalue weighted by Crippen LogP contribution is 2.44. The fourth-order valence-electron chi connectivity index (χ4n) is 5.31. The number of carbonyl (C=O) groups excluding carboxylic acids is 1. The van der Waals surface area contributed by atoms with Gasteiger partial charge in [-0.1, -0.05) is 0 Å². The summed E-state index contributed by atoms with van der Waals surface area (Å²) in [5.74, 6) is -0.456. The van der Waals surface area contributed by atoms with Crippen LogP contribution in [0.3, 0.4) is 0 Å². The number of ether oxygens (including phenoxy) is 3. The Bertz CT molecular complexity index is 1890. The second-order valence-electron chi connectivity index (χ2n) is 12.3. The van der Waals surface area contributed by atoms with Gasteiger partial charge in [-0.05, 0) is 33.6 Å². The van der Waals surface area contributed by atoms with Crippen molar-refractivity contribution in [2.75, 3.05) is 19.6 Å². The molecule has 2 fully saturated rings. The van der Waals surface area contributed by atoms with Crippen LogP contribution >= 0.6 is 17.0 Å². The molecule has 0 radical (unpaired) electrons. The minimum atomic E-state index is -2.42. The van der Waals surface area contributed by atoms with Crippen LogP contribution < -0.4 is 11.1 Å². The van der Waals surface area contributed by atoms with Crippen LogP contribution in [0.25, 0.3) is 22.3 Å². The molecule has 266 valence electrons. The van der Waals surface area contributed by atoms with Crippen molar-refractivity contribution in [2.45, 2.75) is 77.5 Å². The number of nitrogens with one attached hydrogen (secondary N) is 1. The van der Waals surface area contributed by atoms with Gasteiger partial charge in [-0.15, -0.1) is 0 Å². The molecular formula is C27H36N8O12P2. The summed E-state index contributed by atoms with van der Waals surface area (Å²) >= 11 is 0. The van der Waals surface area contributed by atoms with E-state index in [4.69, 9.17) is 27.8 Å². The Hall–Kier alpha value is -3.29. The quantitative estimate of drug-likeness (QED) is 0.111. The molecule has 0 spiro atoms. The standard InChI is InChI=1S/C27H36N8O12P2/c1-27(2,3)26(39)42-13-33-10-32-23-21(25(33)38)31-12-34(23)18-5-4-15(45-18)7-44-49(41)47-16-6-19(46-17(16)8-43-48(40)14-36)35-11-30-20-22(35)28-9-29-24(20)37/h9-12,15-19,36,40-41H,4-8,13-14H2,1-3H3,(H,28,29,37)/t15?,16-,17?,18?,19?,48?,49?/m0/s1. The molecule has 0 amide bonds. The van der Waals surface area contributed by atoms with Crippen LogP contribution in [0.4, 0.5) is 0 Å². The maximum Gasteiger partial charge on any atom is 0.330 e. The van der Waals surface area contributed by atoms with Gasteiger partial charge in [0, 0.05) is 6.42 Å². The Labute approximate surface area is 279 Å². The number of aromatic amines is 1. The minimum Gasteiger partial charge on any atom is -0.443 e. The molecule has 0 aliphatic carbocycles. The summed E-state index contributed by atoms with van der Waals surface area (Å²) in [5.41, 5.74) is -0.779. The van der Waals surface area contributed by atoms with Crippen molar-refractivity contribution in [3.8, 4) is 0 Å². The third-order valence-electron chi connectivity index (χ3n) is 7.85. The van der Waals surface area contributed by atoms with Crippen molar-refractivity contribution in [3.63, 3.8) is 0 Å². The molecule has 0 saturated carbocycles. The van der Waals surface area contributed by atoms with E-state index in [2.05, 4.69) is 24.9 Å². The van der Waals surface area contributed by atoms with E-state index in [0.717, 1.165) is 0 Å². The highest BCUT2D eigenvalue weighted by atomic mass is 31.2. The summed E-state index contributed by atoms with van der Waals surface area (Å²) in [6.07, 6.45) is 3.02. The van der Waals surface area contributed by atoms with Crippen molar-refractivity contribution in [2.24, 2.45) is 5.41 Å². The van der Waals surface area contributed by atoms with Crippen LogP contribution in [0.2, 0.25) is 0 Å². The molecule has 4 N–H and O–H groups in total. The average Bonchev–Trinajstić information content (AvgIpc) is 3.87. The number of aliphatic hydroxyl groups is 1. The fourth-order valence-corrected chi connectivity index (χ4v) is 6.52. The van der Waals surface area contributed by atoms with Crippen LogP contribution in [0, 0.1) is 5.41 Å². The first-order chi connectivity index (χ1) is 23.4. The van der Waals surface area contributed by atoms with Crippen molar-refractivity contribution >= 4 is 45.3 Å². The van der Waals surface area contributed by atoms with Gasteiger partial charge in [0.2, 0.25) is 0 Å². The lowest BCUT2D eigenvalue weighted by atomic mass is 9.98. The van der Waals surface area contributed by atoms with Gasteiger partial charge in [0.25, 0.3) is 11.1 Å². The molecule has 4 aromatic heterocycles.